The molecule has 2 nitrogen and oxygen atoms in total. The van der Waals surface area contributed by atoms with Crippen LogP contribution in [0.5, 0.6) is 0 Å². The molecule has 1 aliphatic rings. The van der Waals surface area contributed by atoms with Crippen LogP contribution in [0.25, 0.3) is 0 Å². The molecule has 0 spiro atoms. The summed E-state index contributed by atoms with van der Waals surface area (Å²) in [6.07, 6.45) is 4.77. The number of carbonyl (C=O) groups excluding carboxylic acids is 1. The zero-order valence-electron chi connectivity index (χ0n) is 13.1. The van der Waals surface area contributed by atoms with Gasteiger partial charge in [-0.15, -0.1) is 0 Å². The fourth-order valence-corrected chi connectivity index (χ4v) is 3.12. The highest BCUT2D eigenvalue weighted by atomic mass is 16.1. The van der Waals surface area contributed by atoms with Gasteiger partial charge in [0.05, 0.1) is 0 Å². The number of hydrogen-bond donors (Lipinski definition) is 1. The zero-order valence-corrected chi connectivity index (χ0v) is 13.1. The molecule has 0 aromatic heterocycles. The number of hydrogen-bond acceptors (Lipinski definition) is 1. The molecule has 1 amide bonds. The highest BCUT2D eigenvalue weighted by Gasteiger charge is 2.13. The molecular formula is C20H23NO. The molecule has 2 heteroatoms. The molecule has 2 aromatic carbocycles. The first-order valence-electron chi connectivity index (χ1n) is 8.19. The van der Waals surface area contributed by atoms with E-state index in [0.29, 0.717) is 12.5 Å². The molecule has 114 valence electrons. The Labute approximate surface area is 132 Å². The third kappa shape index (κ3) is 3.38. The normalized spacial score (nSPS) is 15.0. The van der Waals surface area contributed by atoms with Crippen LogP contribution < -0.4 is 5.32 Å². The van der Waals surface area contributed by atoms with Crippen LogP contribution in [-0.4, -0.2) is 12.5 Å². The smallest absolute Gasteiger partial charge is 0.251 e. The highest BCUT2D eigenvalue weighted by Crippen LogP contribution is 2.22. The maximum atomic E-state index is 12.4. The van der Waals surface area contributed by atoms with Gasteiger partial charge < -0.3 is 5.32 Å². The number of amides is 1. The largest absolute Gasteiger partial charge is 0.351 e. The summed E-state index contributed by atoms with van der Waals surface area (Å²) in [5, 5.41) is 3.07. The number of carbonyl (C=O) groups is 1. The Morgan fingerprint density at radius 2 is 1.77 bits per heavy atom. The fraction of sp³-hybridized carbons (Fsp3) is 0.350. The minimum absolute atomic E-state index is 0.0381. The third-order valence-electron chi connectivity index (χ3n) is 4.55. The molecule has 3 rings (SSSR count). The standard InChI is InChI=1S/C20H23NO/c1-15(16-7-3-2-4-8-16)14-21-20(22)19-12-11-17-9-5-6-10-18(17)13-19/h2-4,7-8,11-13,15H,5-6,9-10,14H2,1H3,(H,21,22)/t15-/m0/s1. The maximum absolute atomic E-state index is 12.4. The summed E-state index contributed by atoms with van der Waals surface area (Å²) in [4.78, 5) is 12.4. The van der Waals surface area contributed by atoms with Gasteiger partial charge in [0.15, 0.2) is 0 Å². The number of benzene rings is 2. The van der Waals surface area contributed by atoms with Crippen molar-refractivity contribution < 1.29 is 4.79 Å². The fourth-order valence-electron chi connectivity index (χ4n) is 3.12. The first-order chi connectivity index (χ1) is 10.7. The molecule has 0 saturated heterocycles. The minimum Gasteiger partial charge on any atom is -0.351 e. The summed E-state index contributed by atoms with van der Waals surface area (Å²) < 4.78 is 0. The Morgan fingerprint density at radius 1 is 1.05 bits per heavy atom. The van der Waals surface area contributed by atoms with E-state index in [0.717, 1.165) is 18.4 Å². The second-order valence-corrected chi connectivity index (χ2v) is 6.21. The van der Waals surface area contributed by atoms with Gasteiger partial charge in [0.1, 0.15) is 0 Å². The second-order valence-electron chi connectivity index (χ2n) is 6.21. The molecule has 1 atom stereocenters. The molecule has 0 fully saturated rings. The molecule has 1 N–H and O–H groups in total. The minimum atomic E-state index is 0.0381. The molecule has 1 aliphatic carbocycles. The van der Waals surface area contributed by atoms with E-state index in [9.17, 15) is 4.79 Å². The summed E-state index contributed by atoms with van der Waals surface area (Å²) in [6.45, 7) is 2.81. The van der Waals surface area contributed by atoms with Gasteiger partial charge in [-0.25, -0.2) is 0 Å². The highest BCUT2D eigenvalue weighted by molar-refractivity contribution is 5.94. The predicted molar refractivity (Wildman–Crippen MR) is 90.3 cm³/mol. The molecule has 0 bridgehead atoms. The van der Waals surface area contributed by atoms with Gasteiger partial charge in [-0.2, -0.15) is 0 Å². The van der Waals surface area contributed by atoms with E-state index in [1.165, 1.54) is 29.5 Å². The number of aryl methyl sites for hydroxylation is 2. The van der Waals surface area contributed by atoms with E-state index < -0.39 is 0 Å². The van der Waals surface area contributed by atoms with Crippen molar-refractivity contribution in [3.05, 3.63) is 70.8 Å². The Bertz CT molecular complexity index is 648. The topological polar surface area (TPSA) is 29.1 Å². The van der Waals surface area contributed by atoms with Crippen molar-refractivity contribution in [3.8, 4) is 0 Å². The van der Waals surface area contributed by atoms with Crippen LogP contribution in [-0.2, 0) is 12.8 Å². The second kappa shape index (κ2) is 6.78. The van der Waals surface area contributed by atoms with E-state index in [1.54, 1.807) is 0 Å². The molecule has 2 aromatic rings. The molecule has 0 aliphatic heterocycles. The van der Waals surface area contributed by atoms with Gasteiger partial charge in [-0.05, 0) is 60.4 Å². The van der Waals surface area contributed by atoms with Crippen molar-refractivity contribution in [3.63, 3.8) is 0 Å². The summed E-state index contributed by atoms with van der Waals surface area (Å²) in [7, 11) is 0. The first-order valence-corrected chi connectivity index (χ1v) is 8.19. The van der Waals surface area contributed by atoms with Gasteiger partial charge in [0.25, 0.3) is 5.91 Å². The van der Waals surface area contributed by atoms with Crippen LogP contribution in [0, 0.1) is 0 Å². The van der Waals surface area contributed by atoms with Crippen LogP contribution in [0.3, 0.4) is 0 Å². The van der Waals surface area contributed by atoms with Crippen molar-refractivity contribution in [2.45, 2.75) is 38.5 Å². The average Bonchev–Trinajstić information content (AvgIpc) is 2.59. The average molecular weight is 293 g/mol. The Hall–Kier alpha value is -2.09. The number of rotatable bonds is 4. The van der Waals surface area contributed by atoms with E-state index in [2.05, 4.69) is 36.5 Å². The van der Waals surface area contributed by atoms with Crippen molar-refractivity contribution in [1.82, 2.24) is 5.32 Å². The summed E-state index contributed by atoms with van der Waals surface area (Å²) in [5.41, 5.74) is 4.82. The predicted octanol–water partition coefficient (Wildman–Crippen LogP) is 4.10. The Balaban J connectivity index is 1.62. The van der Waals surface area contributed by atoms with Gasteiger partial charge in [-0.3, -0.25) is 4.79 Å². The monoisotopic (exact) mass is 293 g/mol. The van der Waals surface area contributed by atoms with Crippen molar-refractivity contribution in [2.24, 2.45) is 0 Å². The summed E-state index contributed by atoms with van der Waals surface area (Å²) >= 11 is 0. The quantitative estimate of drug-likeness (QED) is 0.903. The lowest BCUT2D eigenvalue weighted by atomic mass is 9.90. The third-order valence-corrected chi connectivity index (χ3v) is 4.55. The van der Waals surface area contributed by atoms with Crippen LogP contribution in [0.4, 0.5) is 0 Å². The first kappa shape index (κ1) is 14.8. The SMILES string of the molecule is C[C@@H](CNC(=O)c1ccc2c(c1)CCCC2)c1ccccc1. The lowest BCUT2D eigenvalue weighted by Crippen LogP contribution is -2.27. The molecule has 0 saturated carbocycles. The van der Waals surface area contributed by atoms with Crippen LogP contribution >= 0.6 is 0 Å². The van der Waals surface area contributed by atoms with Crippen LogP contribution in [0.1, 0.15) is 52.7 Å². The lowest BCUT2D eigenvalue weighted by Gasteiger charge is -2.17. The number of fused-ring (bicyclic) bond motifs is 1. The van der Waals surface area contributed by atoms with E-state index in [1.807, 2.05) is 24.3 Å². The summed E-state index contributed by atoms with van der Waals surface area (Å²) in [5.74, 6) is 0.360. The van der Waals surface area contributed by atoms with Gasteiger partial charge in [0, 0.05) is 12.1 Å². The van der Waals surface area contributed by atoms with Gasteiger partial charge >= 0.3 is 0 Å². The molecule has 0 heterocycles. The van der Waals surface area contributed by atoms with Gasteiger partial charge in [-0.1, -0.05) is 43.3 Å². The Kier molecular flexibility index (Phi) is 4.57. The van der Waals surface area contributed by atoms with Crippen LogP contribution in [0.2, 0.25) is 0 Å². The lowest BCUT2D eigenvalue weighted by molar-refractivity contribution is 0.0951. The molecule has 0 unspecified atom stereocenters. The zero-order chi connectivity index (χ0) is 15.4. The van der Waals surface area contributed by atoms with Crippen molar-refractivity contribution in [2.75, 3.05) is 6.54 Å². The van der Waals surface area contributed by atoms with Crippen molar-refractivity contribution in [1.29, 1.82) is 0 Å². The maximum Gasteiger partial charge on any atom is 0.251 e. The Morgan fingerprint density at radius 3 is 2.55 bits per heavy atom. The van der Waals surface area contributed by atoms with Crippen LogP contribution in [0.15, 0.2) is 48.5 Å². The summed E-state index contributed by atoms with van der Waals surface area (Å²) in [6, 6.07) is 16.5. The molecular weight excluding hydrogens is 270 g/mol. The molecule has 0 radical (unpaired) electrons. The van der Waals surface area contributed by atoms with Crippen molar-refractivity contribution >= 4 is 5.91 Å². The van der Waals surface area contributed by atoms with E-state index >= 15 is 0 Å². The van der Waals surface area contributed by atoms with E-state index in [-0.39, 0.29) is 5.91 Å². The van der Waals surface area contributed by atoms with E-state index in [4.69, 9.17) is 0 Å². The molecule has 22 heavy (non-hydrogen) atoms. The number of nitrogens with one attached hydrogen (secondary N) is 1. The van der Waals surface area contributed by atoms with Gasteiger partial charge in [0.2, 0.25) is 0 Å².